The van der Waals surface area contributed by atoms with E-state index in [0.29, 0.717) is 22.4 Å². The lowest BCUT2D eigenvalue weighted by atomic mass is 10.0. The van der Waals surface area contributed by atoms with Gasteiger partial charge in [-0.25, -0.2) is 0 Å². The minimum Gasteiger partial charge on any atom is -0.322 e. The topological polar surface area (TPSA) is 42.0 Å². The third-order valence-corrected chi connectivity index (χ3v) is 4.05. The third-order valence-electron chi connectivity index (χ3n) is 4.05. The molecule has 0 aliphatic carbocycles. The molecule has 1 aromatic heterocycles. The largest absolute Gasteiger partial charge is 0.409 e. The van der Waals surface area contributed by atoms with Gasteiger partial charge in [-0.1, -0.05) is 24.3 Å². The number of rotatable bonds is 3. The Hall–Kier alpha value is -3.15. The number of benzene rings is 2. The van der Waals surface area contributed by atoms with Gasteiger partial charge in [0.05, 0.1) is 5.52 Å². The van der Waals surface area contributed by atoms with E-state index in [-0.39, 0.29) is 12.0 Å². The second kappa shape index (κ2) is 7.23. The minimum atomic E-state index is -4.37. The summed E-state index contributed by atoms with van der Waals surface area (Å²) in [6.45, 7) is 3.60. The van der Waals surface area contributed by atoms with E-state index in [9.17, 15) is 18.0 Å². The molecule has 27 heavy (non-hydrogen) atoms. The predicted molar refractivity (Wildman–Crippen MR) is 101 cm³/mol. The SMILES string of the molecule is Cc1ccc2cc(NC(=O)c3ccc(C=CC(F)(F)F)cc3C)ccc2n1. The smallest absolute Gasteiger partial charge is 0.322 e. The van der Waals surface area contributed by atoms with Crippen LogP contribution in [0.15, 0.2) is 54.6 Å². The number of carbonyl (C=O) groups excluding carboxylic acids is 1. The molecule has 1 heterocycles. The van der Waals surface area contributed by atoms with E-state index in [1.54, 1.807) is 19.1 Å². The Morgan fingerprint density at radius 2 is 1.81 bits per heavy atom. The van der Waals surface area contributed by atoms with Crippen LogP contribution in [0.25, 0.3) is 17.0 Å². The summed E-state index contributed by atoms with van der Waals surface area (Å²) >= 11 is 0. The highest BCUT2D eigenvalue weighted by molar-refractivity contribution is 6.06. The maximum absolute atomic E-state index is 12.5. The van der Waals surface area contributed by atoms with E-state index in [1.807, 2.05) is 31.2 Å². The van der Waals surface area contributed by atoms with Crippen molar-refractivity contribution in [1.29, 1.82) is 0 Å². The van der Waals surface area contributed by atoms with Crippen molar-refractivity contribution in [2.24, 2.45) is 0 Å². The van der Waals surface area contributed by atoms with Gasteiger partial charge in [0.25, 0.3) is 5.91 Å². The highest BCUT2D eigenvalue weighted by Crippen LogP contribution is 2.21. The molecule has 0 radical (unpaired) electrons. The van der Waals surface area contributed by atoms with Gasteiger partial charge >= 0.3 is 6.18 Å². The fraction of sp³-hybridized carbons (Fsp3) is 0.143. The molecule has 0 bridgehead atoms. The summed E-state index contributed by atoms with van der Waals surface area (Å²) in [6, 6.07) is 13.8. The fourth-order valence-corrected chi connectivity index (χ4v) is 2.74. The summed E-state index contributed by atoms with van der Waals surface area (Å²) in [7, 11) is 0. The Morgan fingerprint density at radius 3 is 2.52 bits per heavy atom. The molecule has 0 saturated heterocycles. The molecule has 3 nitrogen and oxygen atoms in total. The zero-order chi connectivity index (χ0) is 19.6. The van der Waals surface area contributed by atoms with E-state index in [1.165, 1.54) is 12.1 Å². The van der Waals surface area contributed by atoms with Gasteiger partial charge in [-0.15, -0.1) is 0 Å². The molecule has 0 saturated carbocycles. The average Bonchev–Trinajstić information content (AvgIpc) is 2.59. The van der Waals surface area contributed by atoms with Crippen LogP contribution in [0, 0.1) is 13.8 Å². The van der Waals surface area contributed by atoms with Crippen LogP contribution in [0.4, 0.5) is 18.9 Å². The van der Waals surface area contributed by atoms with Crippen molar-refractivity contribution in [1.82, 2.24) is 4.98 Å². The van der Waals surface area contributed by atoms with Crippen molar-refractivity contribution in [2.75, 3.05) is 5.32 Å². The summed E-state index contributed by atoms with van der Waals surface area (Å²) < 4.78 is 36.8. The molecule has 0 atom stereocenters. The number of carbonyl (C=O) groups is 1. The fourth-order valence-electron chi connectivity index (χ4n) is 2.74. The highest BCUT2D eigenvalue weighted by atomic mass is 19.4. The molecular weight excluding hydrogens is 353 g/mol. The number of amides is 1. The molecule has 0 fully saturated rings. The summed E-state index contributed by atoms with van der Waals surface area (Å²) in [5, 5.41) is 3.72. The molecule has 138 valence electrons. The van der Waals surface area contributed by atoms with Crippen LogP contribution in [-0.4, -0.2) is 17.1 Å². The van der Waals surface area contributed by atoms with Crippen molar-refractivity contribution in [3.8, 4) is 0 Å². The van der Waals surface area contributed by atoms with Crippen LogP contribution < -0.4 is 5.32 Å². The van der Waals surface area contributed by atoms with Crippen molar-refractivity contribution in [3.05, 3.63) is 77.0 Å². The monoisotopic (exact) mass is 370 g/mol. The Labute approximate surface area is 154 Å². The van der Waals surface area contributed by atoms with E-state index in [4.69, 9.17) is 0 Å². The lowest BCUT2D eigenvalue weighted by Gasteiger charge is -2.10. The highest BCUT2D eigenvalue weighted by Gasteiger charge is 2.21. The van der Waals surface area contributed by atoms with Crippen molar-refractivity contribution < 1.29 is 18.0 Å². The molecule has 0 aliphatic rings. The second-order valence-corrected chi connectivity index (χ2v) is 6.26. The number of aryl methyl sites for hydroxylation is 2. The van der Waals surface area contributed by atoms with Crippen molar-refractivity contribution >= 4 is 28.6 Å². The zero-order valence-electron chi connectivity index (χ0n) is 14.8. The summed E-state index contributed by atoms with van der Waals surface area (Å²) in [6.07, 6.45) is -3.22. The normalized spacial score (nSPS) is 11.9. The number of fused-ring (bicyclic) bond motifs is 1. The van der Waals surface area contributed by atoms with Gasteiger partial charge < -0.3 is 5.32 Å². The van der Waals surface area contributed by atoms with Crippen LogP contribution in [0.2, 0.25) is 0 Å². The first kappa shape index (κ1) is 18.6. The summed E-state index contributed by atoms with van der Waals surface area (Å²) in [4.78, 5) is 16.9. The second-order valence-electron chi connectivity index (χ2n) is 6.26. The van der Waals surface area contributed by atoms with Crippen LogP contribution >= 0.6 is 0 Å². The number of alkyl halides is 3. The first-order valence-corrected chi connectivity index (χ1v) is 8.27. The van der Waals surface area contributed by atoms with E-state index in [2.05, 4.69) is 10.3 Å². The first-order chi connectivity index (χ1) is 12.7. The van der Waals surface area contributed by atoms with Gasteiger partial charge in [-0.2, -0.15) is 13.2 Å². The van der Waals surface area contributed by atoms with Crippen LogP contribution in [-0.2, 0) is 0 Å². The quantitative estimate of drug-likeness (QED) is 0.644. The molecule has 2 aromatic carbocycles. The molecule has 0 spiro atoms. The Balaban J connectivity index is 1.80. The van der Waals surface area contributed by atoms with Crippen LogP contribution in [0.5, 0.6) is 0 Å². The number of nitrogens with zero attached hydrogens (tertiary/aromatic N) is 1. The Bertz CT molecular complexity index is 1040. The number of nitrogens with one attached hydrogen (secondary N) is 1. The molecule has 3 rings (SSSR count). The van der Waals surface area contributed by atoms with Gasteiger partial charge in [-0.05, 0) is 55.3 Å². The predicted octanol–water partition coefficient (Wildman–Crippen LogP) is 5.68. The molecule has 6 heteroatoms. The van der Waals surface area contributed by atoms with Crippen molar-refractivity contribution in [2.45, 2.75) is 20.0 Å². The molecular formula is C21H17F3N2O. The number of pyridine rings is 1. The van der Waals surface area contributed by atoms with Crippen molar-refractivity contribution in [3.63, 3.8) is 0 Å². The summed E-state index contributed by atoms with van der Waals surface area (Å²) in [5.41, 5.74) is 3.75. The van der Waals surface area contributed by atoms with Crippen LogP contribution in [0.1, 0.15) is 27.2 Å². The first-order valence-electron chi connectivity index (χ1n) is 8.27. The maximum atomic E-state index is 12.5. The van der Waals surface area contributed by atoms with Gasteiger partial charge in [-0.3, -0.25) is 9.78 Å². The number of anilines is 1. The van der Waals surface area contributed by atoms with Gasteiger partial charge in [0, 0.05) is 28.4 Å². The minimum absolute atomic E-state index is 0.173. The molecule has 3 aromatic rings. The van der Waals surface area contributed by atoms with Crippen LogP contribution in [0.3, 0.4) is 0 Å². The number of halogens is 3. The van der Waals surface area contributed by atoms with Gasteiger partial charge in [0.1, 0.15) is 0 Å². The standard InChI is InChI=1S/C21H17F3N2O/c1-13-11-15(9-10-21(22,23)24)4-7-18(13)20(27)26-17-6-8-19-16(12-17)5-3-14(2)25-19/h3-12H,1-2H3,(H,26,27). The van der Waals surface area contributed by atoms with Gasteiger partial charge in [0.2, 0.25) is 0 Å². The average molecular weight is 370 g/mol. The lowest BCUT2D eigenvalue weighted by molar-refractivity contribution is -0.0790. The van der Waals surface area contributed by atoms with E-state index in [0.717, 1.165) is 22.7 Å². The molecule has 0 unspecified atom stereocenters. The van der Waals surface area contributed by atoms with E-state index < -0.39 is 6.18 Å². The summed E-state index contributed by atoms with van der Waals surface area (Å²) in [5.74, 6) is -0.321. The number of hydrogen-bond donors (Lipinski definition) is 1. The number of allylic oxidation sites excluding steroid dienone is 1. The van der Waals surface area contributed by atoms with Gasteiger partial charge in [0.15, 0.2) is 0 Å². The zero-order valence-corrected chi connectivity index (χ0v) is 14.8. The molecule has 1 N–H and O–H groups in total. The number of hydrogen-bond acceptors (Lipinski definition) is 2. The third kappa shape index (κ3) is 4.73. The molecule has 1 amide bonds. The molecule has 0 aliphatic heterocycles. The Morgan fingerprint density at radius 1 is 1.04 bits per heavy atom. The lowest BCUT2D eigenvalue weighted by Crippen LogP contribution is -2.13. The Kier molecular flexibility index (Phi) is 4.99. The maximum Gasteiger partial charge on any atom is 0.409 e. The number of aromatic nitrogens is 1. The van der Waals surface area contributed by atoms with E-state index >= 15 is 0 Å².